The van der Waals surface area contributed by atoms with E-state index in [1.54, 1.807) is 0 Å². The highest BCUT2D eigenvalue weighted by atomic mass is 16.5. The van der Waals surface area contributed by atoms with Crippen molar-refractivity contribution in [3.05, 3.63) is 71.8 Å². The van der Waals surface area contributed by atoms with Crippen molar-refractivity contribution in [3.8, 4) is 0 Å². The molecule has 0 aliphatic heterocycles. The number of ether oxygens (including phenoxy) is 1. The number of hydrogen-bond donors (Lipinski definition) is 1. The zero-order valence-corrected chi connectivity index (χ0v) is 16.3. The van der Waals surface area contributed by atoms with Crippen molar-refractivity contribution in [2.75, 3.05) is 6.61 Å². The number of benzene rings is 2. The molecule has 148 valence electrons. The summed E-state index contributed by atoms with van der Waals surface area (Å²) in [6, 6.07) is 19.5. The van der Waals surface area contributed by atoms with Crippen LogP contribution in [0.2, 0.25) is 0 Å². The molecule has 0 radical (unpaired) electrons. The molecule has 1 N–H and O–H groups in total. The Morgan fingerprint density at radius 1 is 0.893 bits per heavy atom. The summed E-state index contributed by atoms with van der Waals surface area (Å²) in [5.41, 5.74) is 2.02. The van der Waals surface area contributed by atoms with Gasteiger partial charge in [-0.15, -0.1) is 0 Å². The molecule has 3 rings (SSSR count). The molecule has 0 spiro atoms. The molecule has 0 aromatic heterocycles. The van der Waals surface area contributed by atoms with Crippen molar-refractivity contribution in [3.63, 3.8) is 0 Å². The monoisotopic (exact) mass is 380 g/mol. The number of unbranched alkanes of at least 4 members (excludes halogenated alkanes) is 2. The summed E-state index contributed by atoms with van der Waals surface area (Å²) < 4.78 is 5.62. The van der Waals surface area contributed by atoms with Crippen molar-refractivity contribution >= 4 is 11.9 Å². The molecule has 0 amide bonds. The minimum absolute atomic E-state index is 0.0404. The topological polar surface area (TPSA) is 63.6 Å². The van der Waals surface area contributed by atoms with Crippen LogP contribution in [0.1, 0.15) is 55.6 Å². The van der Waals surface area contributed by atoms with Crippen LogP contribution in [0.3, 0.4) is 0 Å². The highest BCUT2D eigenvalue weighted by molar-refractivity contribution is 5.78. The van der Waals surface area contributed by atoms with Gasteiger partial charge in [0.15, 0.2) is 0 Å². The normalized spacial score (nSPS) is 23.6. The van der Waals surface area contributed by atoms with Crippen LogP contribution in [-0.2, 0) is 14.3 Å². The molecule has 0 unspecified atom stereocenters. The Hall–Kier alpha value is -2.62. The van der Waals surface area contributed by atoms with Crippen LogP contribution in [0, 0.1) is 11.8 Å². The standard InChI is InChI=1S/C24H28O4/c1-2-3-10-15-28-24(27)23-21(17-11-6-4-7-12-17)19(16-20(25)26)22(23)18-13-8-5-9-14-18/h4-9,11-14,19,21-23H,2-3,10,15-16H2,1H3,(H,25,26)/t19?,21-,22-,23?/m1/s1. The van der Waals surface area contributed by atoms with Gasteiger partial charge in [-0.1, -0.05) is 80.4 Å². The Kier molecular flexibility index (Phi) is 6.85. The van der Waals surface area contributed by atoms with Gasteiger partial charge < -0.3 is 9.84 Å². The first-order valence-electron chi connectivity index (χ1n) is 10.1. The second-order valence-electron chi connectivity index (χ2n) is 7.54. The predicted molar refractivity (Wildman–Crippen MR) is 108 cm³/mol. The van der Waals surface area contributed by atoms with E-state index in [4.69, 9.17) is 4.74 Å². The number of carbonyl (C=O) groups excluding carboxylic acids is 1. The van der Waals surface area contributed by atoms with Crippen LogP contribution in [0.15, 0.2) is 60.7 Å². The number of aliphatic carboxylic acids is 1. The quantitative estimate of drug-likeness (QED) is 0.491. The lowest BCUT2D eigenvalue weighted by Gasteiger charge is -2.51. The van der Waals surface area contributed by atoms with E-state index < -0.39 is 5.97 Å². The average Bonchev–Trinajstić information content (AvgIpc) is 2.69. The molecule has 1 aliphatic carbocycles. The second kappa shape index (κ2) is 9.54. The lowest BCUT2D eigenvalue weighted by Crippen LogP contribution is -2.49. The van der Waals surface area contributed by atoms with E-state index in [2.05, 4.69) is 6.92 Å². The zero-order chi connectivity index (χ0) is 19.9. The van der Waals surface area contributed by atoms with Gasteiger partial charge in [-0.2, -0.15) is 0 Å². The van der Waals surface area contributed by atoms with Gasteiger partial charge in [-0.05, 0) is 23.5 Å². The SMILES string of the molecule is CCCCCOC(=O)C1[C@H](c2ccccc2)C(CC(=O)O)[C@H]1c1ccccc1. The maximum Gasteiger partial charge on any atom is 0.310 e. The van der Waals surface area contributed by atoms with E-state index in [1.165, 1.54) is 0 Å². The fourth-order valence-corrected chi connectivity index (χ4v) is 4.46. The van der Waals surface area contributed by atoms with Gasteiger partial charge in [-0.3, -0.25) is 9.59 Å². The van der Waals surface area contributed by atoms with Gasteiger partial charge in [0.1, 0.15) is 0 Å². The number of carbonyl (C=O) groups is 2. The maximum absolute atomic E-state index is 13.0. The van der Waals surface area contributed by atoms with Crippen LogP contribution >= 0.6 is 0 Å². The largest absolute Gasteiger partial charge is 0.481 e. The molecule has 0 saturated heterocycles. The van der Waals surface area contributed by atoms with Crippen LogP contribution in [0.4, 0.5) is 0 Å². The minimum Gasteiger partial charge on any atom is -0.481 e. The summed E-state index contributed by atoms with van der Waals surface area (Å²) in [4.78, 5) is 24.6. The molecular weight excluding hydrogens is 352 g/mol. The first kappa shape index (κ1) is 20.1. The second-order valence-corrected chi connectivity index (χ2v) is 7.54. The van der Waals surface area contributed by atoms with E-state index in [0.717, 1.165) is 30.4 Å². The third-order valence-electron chi connectivity index (χ3n) is 5.74. The third-order valence-corrected chi connectivity index (χ3v) is 5.74. The lowest BCUT2D eigenvalue weighted by molar-refractivity contribution is -0.159. The van der Waals surface area contributed by atoms with Gasteiger partial charge in [0.25, 0.3) is 0 Å². The van der Waals surface area contributed by atoms with E-state index in [-0.39, 0.29) is 36.1 Å². The molecule has 0 bridgehead atoms. The predicted octanol–water partition coefficient (Wildman–Crippen LogP) is 5.01. The van der Waals surface area contributed by atoms with Crippen molar-refractivity contribution in [1.82, 2.24) is 0 Å². The molecule has 2 atom stereocenters. The highest BCUT2D eigenvalue weighted by Crippen LogP contribution is 2.59. The zero-order valence-electron chi connectivity index (χ0n) is 16.3. The fraction of sp³-hybridized carbons (Fsp3) is 0.417. The molecule has 2 aromatic carbocycles. The smallest absolute Gasteiger partial charge is 0.310 e. The summed E-state index contributed by atoms with van der Waals surface area (Å²) in [5.74, 6) is -1.80. The van der Waals surface area contributed by atoms with Crippen LogP contribution < -0.4 is 0 Å². The first-order valence-corrected chi connectivity index (χ1v) is 10.1. The Bertz CT molecular complexity index is 724. The molecule has 28 heavy (non-hydrogen) atoms. The van der Waals surface area contributed by atoms with Crippen LogP contribution in [0.5, 0.6) is 0 Å². The Morgan fingerprint density at radius 2 is 1.43 bits per heavy atom. The Balaban J connectivity index is 1.89. The summed E-state index contributed by atoms with van der Waals surface area (Å²) in [5, 5.41) is 9.49. The number of rotatable bonds is 9. The Morgan fingerprint density at radius 3 is 1.89 bits per heavy atom. The summed E-state index contributed by atoms with van der Waals surface area (Å²) in [7, 11) is 0. The first-order chi connectivity index (χ1) is 13.6. The van der Waals surface area contributed by atoms with Crippen molar-refractivity contribution < 1.29 is 19.4 Å². The van der Waals surface area contributed by atoms with Gasteiger partial charge in [0.05, 0.1) is 12.5 Å². The summed E-state index contributed by atoms with van der Waals surface area (Å²) in [6.45, 7) is 2.54. The third kappa shape index (κ3) is 4.44. The van der Waals surface area contributed by atoms with Crippen molar-refractivity contribution in [2.24, 2.45) is 11.8 Å². The maximum atomic E-state index is 13.0. The summed E-state index contributed by atoms with van der Waals surface area (Å²) in [6.07, 6.45) is 3.00. The van der Waals surface area contributed by atoms with E-state index >= 15 is 0 Å². The van der Waals surface area contributed by atoms with Gasteiger partial charge in [0.2, 0.25) is 0 Å². The van der Waals surface area contributed by atoms with Crippen molar-refractivity contribution in [1.29, 1.82) is 0 Å². The molecular formula is C24H28O4. The molecule has 4 nitrogen and oxygen atoms in total. The van der Waals surface area contributed by atoms with Gasteiger partial charge in [0, 0.05) is 18.3 Å². The van der Waals surface area contributed by atoms with E-state index in [1.807, 2.05) is 60.7 Å². The number of carboxylic acid groups (broad SMARTS) is 1. The number of hydrogen-bond acceptors (Lipinski definition) is 3. The molecule has 1 saturated carbocycles. The van der Waals surface area contributed by atoms with Crippen molar-refractivity contribution in [2.45, 2.75) is 44.4 Å². The van der Waals surface area contributed by atoms with Crippen LogP contribution in [-0.4, -0.2) is 23.7 Å². The van der Waals surface area contributed by atoms with E-state index in [0.29, 0.717) is 6.61 Å². The molecule has 1 aliphatic rings. The minimum atomic E-state index is -0.832. The summed E-state index contributed by atoms with van der Waals surface area (Å²) >= 11 is 0. The van der Waals surface area contributed by atoms with Gasteiger partial charge >= 0.3 is 11.9 Å². The molecule has 0 heterocycles. The molecule has 4 heteroatoms. The number of carboxylic acids is 1. The molecule has 1 fully saturated rings. The highest BCUT2D eigenvalue weighted by Gasteiger charge is 2.56. The lowest BCUT2D eigenvalue weighted by atomic mass is 9.51. The van der Waals surface area contributed by atoms with E-state index in [9.17, 15) is 14.7 Å². The fourth-order valence-electron chi connectivity index (χ4n) is 4.46. The Labute approximate surface area is 166 Å². The number of esters is 1. The van der Waals surface area contributed by atoms with Gasteiger partial charge in [-0.25, -0.2) is 0 Å². The van der Waals surface area contributed by atoms with Crippen LogP contribution in [0.25, 0.3) is 0 Å². The molecule has 2 aromatic rings. The average molecular weight is 380 g/mol.